The first kappa shape index (κ1) is 10.3. The molecule has 1 saturated heterocycles. The number of hydrogen-bond acceptors (Lipinski definition) is 4. The highest BCUT2D eigenvalue weighted by atomic mass is 16.7. The summed E-state index contributed by atoms with van der Waals surface area (Å²) in [5.74, 6) is 0. The van der Waals surface area contributed by atoms with Gasteiger partial charge in [0.15, 0.2) is 6.29 Å². The Morgan fingerprint density at radius 2 is 2.23 bits per heavy atom. The van der Waals surface area contributed by atoms with Gasteiger partial charge in [0, 0.05) is 20.8 Å². The molecule has 0 unspecified atom stereocenters. The monoisotopic (exact) mass is 188 g/mol. The van der Waals surface area contributed by atoms with E-state index in [4.69, 9.17) is 19.6 Å². The van der Waals surface area contributed by atoms with Crippen LogP contribution in [-0.4, -0.2) is 51.1 Å². The van der Waals surface area contributed by atoms with E-state index in [-0.39, 0.29) is 12.3 Å². The molecule has 1 aliphatic rings. The Hall–Kier alpha value is -0.810. The molecule has 0 amide bonds. The normalized spacial score (nSPS) is 17.8. The highest BCUT2D eigenvalue weighted by molar-refractivity contribution is 5.70. The van der Waals surface area contributed by atoms with Crippen molar-refractivity contribution in [3.63, 3.8) is 0 Å². The first-order valence-corrected chi connectivity index (χ1v) is 4.30. The lowest BCUT2D eigenvalue weighted by atomic mass is 10.3. The zero-order valence-corrected chi connectivity index (χ0v) is 8.08. The molecule has 13 heavy (non-hydrogen) atoms. The first-order valence-electron chi connectivity index (χ1n) is 4.30. The Balaban J connectivity index is 2.36. The van der Waals surface area contributed by atoms with Crippen LogP contribution in [0.2, 0.25) is 0 Å². The van der Waals surface area contributed by atoms with Gasteiger partial charge >= 0.3 is 0 Å². The predicted molar refractivity (Wildman–Crippen MR) is 47.7 cm³/mol. The molecule has 76 valence electrons. The Morgan fingerprint density at radius 3 is 2.77 bits per heavy atom. The molecule has 0 aromatic rings. The summed E-state index contributed by atoms with van der Waals surface area (Å²) in [6.45, 7) is 2.02. The van der Waals surface area contributed by atoms with E-state index in [0.29, 0.717) is 13.2 Å². The molecule has 1 heterocycles. The van der Waals surface area contributed by atoms with Crippen molar-refractivity contribution in [2.45, 2.75) is 12.7 Å². The van der Waals surface area contributed by atoms with Gasteiger partial charge in [-0.25, -0.2) is 0 Å². The Morgan fingerprint density at radius 1 is 1.54 bits per heavy atom. The van der Waals surface area contributed by atoms with E-state index in [0.717, 1.165) is 13.0 Å². The molecule has 0 saturated carbocycles. The van der Waals surface area contributed by atoms with Gasteiger partial charge in [0.25, 0.3) is 6.02 Å². The van der Waals surface area contributed by atoms with Crippen molar-refractivity contribution in [2.24, 2.45) is 0 Å². The van der Waals surface area contributed by atoms with E-state index < -0.39 is 0 Å². The third-order valence-corrected chi connectivity index (χ3v) is 1.99. The fourth-order valence-corrected chi connectivity index (χ4v) is 1.22. The van der Waals surface area contributed by atoms with Crippen molar-refractivity contribution in [2.75, 3.05) is 33.9 Å². The second-order valence-corrected chi connectivity index (χ2v) is 2.85. The standard InChI is InChI=1S/C8H16N2O3/c1-11-7(12-2)6-10-4-3-5-13-8(10)9/h7,9H,3-6H2,1-2H3. The van der Waals surface area contributed by atoms with Crippen LogP contribution in [0.4, 0.5) is 0 Å². The molecular weight excluding hydrogens is 172 g/mol. The number of methoxy groups -OCH3 is 2. The molecular formula is C8H16N2O3. The van der Waals surface area contributed by atoms with Crippen molar-refractivity contribution in [1.82, 2.24) is 4.90 Å². The van der Waals surface area contributed by atoms with Crippen LogP contribution in [0, 0.1) is 5.41 Å². The second kappa shape index (κ2) is 5.04. The summed E-state index contributed by atoms with van der Waals surface area (Å²) in [6.07, 6.45) is 0.657. The van der Waals surface area contributed by atoms with Crippen LogP contribution in [0.1, 0.15) is 6.42 Å². The zero-order valence-electron chi connectivity index (χ0n) is 8.08. The molecule has 0 aromatic carbocycles. The minimum Gasteiger partial charge on any atom is -0.465 e. The van der Waals surface area contributed by atoms with Crippen molar-refractivity contribution in [1.29, 1.82) is 5.41 Å². The van der Waals surface area contributed by atoms with Gasteiger partial charge in [0.2, 0.25) is 0 Å². The third-order valence-electron chi connectivity index (χ3n) is 1.99. The number of hydrogen-bond donors (Lipinski definition) is 1. The average Bonchev–Trinajstić information content (AvgIpc) is 2.17. The van der Waals surface area contributed by atoms with Gasteiger partial charge in [0.1, 0.15) is 0 Å². The van der Waals surface area contributed by atoms with Crippen molar-refractivity contribution in [3.8, 4) is 0 Å². The highest BCUT2D eigenvalue weighted by Gasteiger charge is 2.19. The summed E-state index contributed by atoms with van der Waals surface area (Å²) >= 11 is 0. The molecule has 0 atom stereocenters. The van der Waals surface area contributed by atoms with Gasteiger partial charge in [-0.05, 0) is 6.42 Å². The summed E-state index contributed by atoms with van der Waals surface area (Å²) < 4.78 is 15.1. The molecule has 0 bridgehead atoms. The van der Waals surface area contributed by atoms with Crippen molar-refractivity contribution < 1.29 is 14.2 Å². The van der Waals surface area contributed by atoms with E-state index in [1.54, 1.807) is 19.1 Å². The second-order valence-electron chi connectivity index (χ2n) is 2.85. The minimum absolute atomic E-state index is 0.213. The van der Waals surface area contributed by atoms with E-state index >= 15 is 0 Å². The van der Waals surface area contributed by atoms with Crippen LogP contribution in [0.5, 0.6) is 0 Å². The maximum Gasteiger partial charge on any atom is 0.284 e. The van der Waals surface area contributed by atoms with E-state index in [1.165, 1.54) is 0 Å². The molecule has 0 radical (unpaired) electrons. The predicted octanol–water partition coefficient (Wildman–Crippen LogP) is 0.262. The van der Waals surface area contributed by atoms with Crippen LogP contribution < -0.4 is 0 Å². The number of nitrogens with zero attached hydrogens (tertiary/aromatic N) is 1. The molecule has 0 aliphatic carbocycles. The van der Waals surface area contributed by atoms with Crippen LogP contribution in [0.25, 0.3) is 0 Å². The van der Waals surface area contributed by atoms with Crippen molar-refractivity contribution >= 4 is 6.02 Å². The Bertz CT molecular complexity index is 171. The summed E-state index contributed by atoms with van der Waals surface area (Å²) in [6, 6.07) is 0.213. The number of nitrogens with one attached hydrogen (secondary N) is 1. The summed E-state index contributed by atoms with van der Waals surface area (Å²) in [5.41, 5.74) is 0. The van der Waals surface area contributed by atoms with Crippen LogP contribution in [0.15, 0.2) is 0 Å². The highest BCUT2D eigenvalue weighted by Crippen LogP contribution is 2.05. The van der Waals surface area contributed by atoms with Crippen LogP contribution in [-0.2, 0) is 14.2 Å². The van der Waals surface area contributed by atoms with Gasteiger partial charge in [-0.2, -0.15) is 0 Å². The van der Waals surface area contributed by atoms with Gasteiger partial charge in [-0.15, -0.1) is 0 Å². The summed E-state index contributed by atoms with van der Waals surface area (Å²) in [4.78, 5) is 1.81. The number of ether oxygens (including phenoxy) is 3. The lowest BCUT2D eigenvalue weighted by Gasteiger charge is -2.30. The molecule has 0 spiro atoms. The number of amidine groups is 1. The Kier molecular flexibility index (Phi) is 3.98. The molecule has 5 heteroatoms. The maximum atomic E-state index is 7.48. The smallest absolute Gasteiger partial charge is 0.284 e. The van der Waals surface area contributed by atoms with E-state index in [2.05, 4.69) is 0 Å². The number of rotatable bonds is 4. The molecule has 5 nitrogen and oxygen atoms in total. The van der Waals surface area contributed by atoms with E-state index in [1.807, 2.05) is 0 Å². The molecule has 1 N–H and O–H groups in total. The quantitative estimate of drug-likeness (QED) is 0.643. The molecule has 1 rings (SSSR count). The lowest BCUT2D eigenvalue weighted by Crippen LogP contribution is -2.43. The minimum atomic E-state index is -0.290. The largest absolute Gasteiger partial charge is 0.465 e. The fraction of sp³-hybridized carbons (Fsp3) is 0.875. The molecule has 0 aromatic heterocycles. The topological polar surface area (TPSA) is 54.8 Å². The van der Waals surface area contributed by atoms with Crippen LogP contribution >= 0.6 is 0 Å². The fourth-order valence-electron chi connectivity index (χ4n) is 1.22. The summed E-state index contributed by atoms with van der Waals surface area (Å²) in [5, 5.41) is 7.48. The van der Waals surface area contributed by atoms with Gasteiger partial charge in [0.05, 0.1) is 13.2 Å². The Labute approximate surface area is 78.1 Å². The molecule has 1 aliphatic heterocycles. The van der Waals surface area contributed by atoms with Gasteiger partial charge in [-0.1, -0.05) is 0 Å². The molecule has 1 fully saturated rings. The zero-order chi connectivity index (χ0) is 9.68. The van der Waals surface area contributed by atoms with Crippen molar-refractivity contribution in [3.05, 3.63) is 0 Å². The lowest BCUT2D eigenvalue weighted by molar-refractivity contribution is -0.113. The SMILES string of the molecule is COC(CN1CCCOC1=N)OC. The average molecular weight is 188 g/mol. The van der Waals surface area contributed by atoms with Crippen LogP contribution in [0.3, 0.4) is 0 Å². The maximum absolute atomic E-state index is 7.48. The van der Waals surface area contributed by atoms with Gasteiger partial charge < -0.3 is 19.1 Å². The van der Waals surface area contributed by atoms with Gasteiger partial charge in [-0.3, -0.25) is 5.41 Å². The summed E-state index contributed by atoms with van der Waals surface area (Å²) in [7, 11) is 3.17. The third kappa shape index (κ3) is 2.86. The van der Waals surface area contributed by atoms with E-state index in [9.17, 15) is 0 Å². The first-order chi connectivity index (χ1) is 6.27.